The first kappa shape index (κ1) is 14.7. The van der Waals surface area contributed by atoms with Gasteiger partial charge in [0.25, 0.3) is 10.1 Å². The summed E-state index contributed by atoms with van der Waals surface area (Å²) in [6.07, 6.45) is 0. The summed E-state index contributed by atoms with van der Waals surface area (Å²) in [6.45, 7) is 1.46. The lowest BCUT2D eigenvalue weighted by Crippen LogP contribution is -2.10. The van der Waals surface area contributed by atoms with E-state index in [0.717, 1.165) is 22.3 Å². The lowest BCUT2D eigenvalue weighted by atomic mass is 9.98. The van der Waals surface area contributed by atoms with Crippen LogP contribution in [0.4, 0.5) is 0 Å². The van der Waals surface area contributed by atoms with Crippen LogP contribution in [-0.4, -0.2) is 25.5 Å². The SMILES string of the molecule is CC(=O)OCC1c2ccccc2-c2ccc(S(=O)(=O)O)cc21. The van der Waals surface area contributed by atoms with Gasteiger partial charge in [0, 0.05) is 12.8 Å². The quantitative estimate of drug-likeness (QED) is 0.695. The van der Waals surface area contributed by atoms with E-state index < -0.39 is 16.1 Å². The Morgan fingerprint density at radius 1 is 1.14 bits per heavy atom. The second-order valence-corrected chi connectivity index (χ2v) is 6.59. The molecule has 0 radical (unpaired) electrons. The zero-order valence-corrected chi connectivity index (χ0v) is 12.6. The van der Waals surface area contributed by atoms with E-state index in [2.05, 4.69) is 0 Å². The first-order valence-corrected chi connectivity index (χ1v) is 8.16. The first-order chi connectivity index (χ1) is 10.4. The highest BCUT2D eigenvalue weighted by atomic mass is 32.2. The zero-order valence-electron chi connectivity index (χ0n) is 11.8. The van der Waals surface area contributed by atoms with Gasteiger partial charge in [0.05, 0.1) is 4.90 Å². The van der Waals surface area contributed by atoms with Crippen LogP contribution in [0.25, 0.3) is 11.1 Å². The van der Waals surface area contributed by atoms with E-state index in [9.17, 15) is 17.8 Å². The van der Waals surface area contributed by atoms with Crippen molar-refractivity contribution in [1.82, 2.24) is 0 Å². The summed E-state index contributed by atoms with van der Waals surface area (Å²) in [5.41, 5.74) is 3.58. The summed E-state index contributed by atoms with van der Waals surface area (Å²) in [5, 5.41) is 0. The van der Waals surface area contributed by atoms with Crippen LogP contribution in [0, 0.1) is 0 Å². The standard InChI is InChI=1S/C16H14O5S/c1-10(17)21-9-16-13-5-3-2-4-12(13)14-7-6-11(8-15(14)16)22(18,19)20/h2-8,16H,9H2,1H3,(H,18,19,20). The summed E-state index contributed by atoms with van der Waals surface area (Å²) in [7, 11) is -4.27. The van der Waals surface area contributed by atoms with E-state index in [1.807, 2.05) is 24.3 Å². The number of fused-ring (bicyclic) bond motifs is 3. The third kappa shape index (κ3) is 2.51. The molecule has 114 valence electrons. The van der Waals surface area contributed by atoms with Crippen LogP contribution in [0.1, 0.15) is 24.0 Å². The van der Waals surface area contributed by atoms with Gasteiger partial charge >= 0.3 is 5.97 Å². The molecule has 3 rings (SSSR count). The lowest BCUT2D eigenvalue weighted by molar-refractivity contribution is -0.141. The van der Waals surface area contributed by atoms with Gasteiger partial charge < -0.3 is 4.74 Å². The molecule has 0 amide bonds. The van der Waals surface area contributed by atoms with Crippen molar-refractivity contribution in [3.8, 4) is 11.1 Å². The smallest absolute Gasteiger partial charge is 0.302 e. The number of carbonyl (C=O) groups is 1. The van der Waals surface area contributed by atoms with Gasteiger partial charge in [-0.3, -0.25) is 9.35 Å². The maximum absolute atomic E-state index is 11.3. The average Bonchev–Trinajstić information content (AvgIpc) is 2.77. The van der Waals surface area contributed by atoms with Gasteiger partial charge in [-0.1, -0.05) is 30.3 Å². The minimum absolute atomic E-state index is 0.133. The van der Waals surface area contributed by atoms with Gasteiger partial charge in [-0.2, -0.15) is 8.42 Å². The molecule has 1 aliphatic carbocycles. The average molecular weight is 318 g/mol. The number of hydrogen-bond donors (Lipinski definition) is 1. The molecule has 0 aromatic heterocycles. The Balaban J connectivity index is 2.14. The van der Waals surface area contributed by atoms with Crippen LogP contribution in [-0.2, 0) is 19.6 Å². The Morgan fingerprint density at radius 2 is 1.82 bits per heavy atom. The molecule has 0 heterocycles. The van der Waals surface area contributed by atoms with Crippen LogP contribution in [0.5, 0.6) is 0 Å². The molecule has 2 aromatic carbocycles. The molecule has 1 N–H and O–H groups in total. The number of esters is 1. The first-order valence-electron chi connectivity index (χ1n) is 6.72. The maximum atomic E-state index is 11.3. The minimum atomic E-state index is -4.27. The van der Waals surface area contributed by atoms with Crippen LogP contribution in [0.3, 0.4) is 0 Å². The fourth-order valence-corrected chi connectivity index (χ4v) is 3.34. The highest BCUT2D eigenvalue weighted by Gasteiger charge is 2.30. The number of benzene rings is 2. The van der Waals surface area contributed by atoms with E-state index >= 15 is 0 Å². The van der Waals surface area contributed by atoms with E-state index in [0.29, 0.717) is 0 Å². The summed E-state index contributed by atoms with van der Waals surface area (Å²) in [6, 6.07) is 12.1. The van der Waals surface area contributed by atoms with Crippen molar-refractivity contribution >= 4 is 16.1 Å². The van der Waals surface area contributed by atoms with Gasteiger partial charge in [-0.25, -0.2) is 0 Å². The number of hydrogen-bond acceptors (Lipinski definition) is 4. The predicted octanol–water partition coefficient (Wildman–Crippen LogP) is 2.61. The number of ether oxygens (including phenoxy) is 1. The molecule has 1 unspecified atom stereocenters. The fourth-order valence-electron chi connectivity index (χ4n) is 2.83. The van der Waals surface area contributed by atoms with Crippen LogP contribution < -0.4 is 0 Å². The van der Waals surface area contributed by atoms with Gasteiger partial charge in [-0.15, -0.1) is 0 Å². The Labute approximate surface area is 128 Å². The molecular weight excluding hydrogens is 304 g/mol. The second kappa shape index (κ2) is 5.23. The van der Waals surface area contributed by atoms with Crippen LogP contribution in [0.15, 0.2) is 47.4 Å². The predicted molar refractivity (Wildman–Crippen MR) is 80.2 cm³/mol. The minimum Gasteiger partial charge on any atom is -0.465 e. The van der Waals surface area contributed by atoms with Crippen LogP contribution in [0.2, 0.25) is 0 Å². The number of rotatable bonds is 3. The van der Waals surface area contributed by atoms with Crippen molar-refractivity contribution in [2.45, 2.75) is 17.7 Å². The van der Waals surface area contributed by atoms with Gasteiger partial charge in [0.2, 0.25) is 0 Å². The van der Waals surface area contributed by atoms with Gasteiger partial charge in [-0.05, 0) is 34.4 Å². The topological polar surface area (TPSA) is 80.7 Å². The number of carbonyl (C=O) groups excluding carboxylic acids is 1. The molecule has 0 fully saturated rings. The fraction of sp³-hybridized carbons (Fsp3) is 0.188. The van der Waals surface area contributed by atoms with Gasteiger partial charge in [0.15, 0.2) is 0 Å². The normalized spacial score (nSPS) is 16.0. The van der Waals surface area contributed by atoms with Crippen LogP contribution >= 0.6 is 0 Å². The third-order valence-corrected chi connectivity index (χ3v) is 4.63. The zero-order chi connectivity index (χ0) is 15.9. The van der Waals surface area contributed by atoms with Crippen molar-refractivity contribution in [3.63, 3.8) is 0 Å². The van der Waals surface area contributed by atoms with Crippen molar-refractivity contribution in [3.05, 3.63) is 53.6 Å². The molecule has 0 bridgehead atoms. The van der Waals surface area contributed by atoms with E-state index in [4.69, 9.17) is 4.74 Å². The summed E-state index contributed by atoms with van der Waals surface area (Å²) in [4.78, 5) is 10.9. The molecule has 0 saturated heterocycles. The molecular formula is C16H14O5S. The Morgan fingerprint density at radius 3 is 2.50 bits per heavy atom. The summed E-state index contributed by atoms with van der Waals surface area (Å²) < 4.78 is 37.0. The van der Waals surface area contributed by atoms with Crippen molar-refractivity contribution in [2.24, 2.45) is 0 Å². The van der Waals surface area contributed by atoms with Crippen molar-refractivity contribution in [2.75, 3.05) is 6.61 Å². The van der Waals surface area contributed by atoms with E-state index in [1.54, 1.807) is 6.07 Å². The monoisotopic (exact) mass is 318 g/mol. The van der Waals surface area contributed by atoms with Crippen molar-refractivity contribution < 1.29 is 22.5 Å². The molecule has 0 aliphatic heterocycles. The third-order valence-electron chi connectivity index (χ3n) is 3.78. The Bertz CT molecular complexity index is 855. The highest BCUT2D eigenvalue weighted by molar-refractivity contribution is 7.85. The van der Waals surface area contributed by atoms with E-state index in [-0.39, 0.29) is 17.4 Å². The summed E-state index contributed by atoms with van der Waals surface area (Å²) in [5.74, 6) is -0.631. The molecule has 0 spiro atoms. The molecule has 1 aliphatic rings. The molecule has 1 atom stereocenters. The molecule has 0 saturated carbocycles. The van der Waals surface area contributed by atoms with E-state index in [1.165, 1.54) is 19.1 Å². The lowest BCUT2D eigenvalue weighted by Gasteiger charge is -2.13. The highest BCUT2D eigenvalue weighted by Crippen LogP contribution is 2.45. The molecule has 2 aromatic rings. The molecule has 5 nitrogen and oxygen atoms in total. The molecule has 22 heavy (non-hydrogen) atoms. The van der Waals surface area contributed by atoms with Crippen molar-refractivity contribution in [1.29, 1.82) is 0 Å². The summed E-state index contributed by atoms with van der Waals surface area (Å²) >= 11 is 0. The Kier molecular flexibility index (Phi) is 3.50. The Hall–Kier alpha value is -2.18. The second-order valence-electron chi connectivity index (χ2n) is 5.17. The van der Waals surface area contributed by atoms with Gasteiger partial charge in [0.1, 0.15) is 6.61 Å². The maximum Gasteiger partial charge on any atom is 0.302 e. The largest absolute Gasteiger partial charge is 0.465 e. The molecule has 6 heteroatoms.